The van der Waals surface area contributed by atoms with Crippen molar-refractivity contribution in [1.29, 1.82) is 0 Å². The summed E-state index contributed by atoms with van der Waals surface area (Å²) in [5, 5.41) is 14.1. The summed E-state index contributed by atoms with van der Waals surface area (Å²) >= 11 is 0. The van der Waals surface area contributed by atoms with E-state index < -0.39 is 5.82 Å². The maximum Gasteiger partial charge on any atom is 0.225 e. The van der Waals surface area contributed by atoms with E-state index in [9.17, 15) is 9.18 Å². The first kappa shape index (κ1) is 22.3. The Balaban J connectivity index is 0.00000169. The highest BCUT2D eigenvalue weighted by Crippen LogP contribution is 2.26. The third-order valence-corrected chi connectivity index (χ3v) is 4.21. The zero-order valence-electron chi connectivity index (χ0n) is 14.6. The minimum atomic E-state index is -0.452. The highest BCUT2D eigenvalue weighted by Gasteiger charge is 2.17. The van der Waals surface area contributed by atoms with E-state index in [4.69, 9.17) is 0 Å². The van der Waals surface area contributed by atoms with Gasteiger partial charge in [0.05, 0.1) is 5.69 Å². The molecule has 1 aromatic carbocycles. The molecule has 0 aliphatic carbocycles. The smallest absolute Gasteiger partial charge is 0.225 e. The van der Waals surface area contributed by atoms with E-state index in [1.807, 2.05) is 0 Å². The van der Waals surface area contributed by atoms with Crippen LogP contribution in [0, 0.1) is 5.82 Å². The SMILES string of the molecule is CNCCC(=O)Nc1cc(-c2nnc3n2CCCCC3)ccc1F.Cl.Cl. The van der Waals surface area contributed by atoms with Gasteiger partial charge in [0.15, 0.2) is 5.82 Å². The van der Waals surface area contributed by atoms with E-state index in [-0.39, 0.29) is 36.4 Å². The fourth-order valence-corrected chi connectivity index (χ4v) is 2.91. The summed E-state index contributed by atoms with van der Waals surface area (Å²) in [6, 6.07) is 4.68. The maximum absolute atomic E-state index is 14.0. The molecular weight excluding hydrogens is 380 g/mol. The van der Waals surface area contributed by atoms with Crippen LogP contribution in [0.15, 0.2) is 18.2 Å². The van der Waals surface area contributed by atoms with Gasteiger partial charge in [0.1, 0.15) is 11.6 Å². The molecule has 3 rings (SSSR count). The molecule has 1 aliphatic rings. The largest absolute Gasteiger partial charge is 0.324 e. The average Bonchev–Trinajstić information content (AvgIpc) is 2.83. The predicted molar refractivity (Wildman–Crippen MR) is 105 cm³/mol. The van der Waals surface area contributed by atoms with E-state index in [2.05, 4.69) is 25.4 Å². The quantitative estimate of drug-likeness (QED) is 0.803. The second-order valence-corrected chi connectivity index (χ2v) is 6.00. The van der Waals surface area contributed by atoms with Crippen molar-refractivity contribution in [3.05, 3.63) is 29.8 Å². The van der Waals surface area contributed by atoms with Gasteiger partial charge in [-0.15, -0.1) is 35.0 Å². The minimum absolute atomic E-state index is 0. The van der Waals surface area contributed by atoms with Gasteiger partial charge in [0.25, 0.3) is 0 Å². The van der Waals surface area contributed by atoms with E-state index in [1.165, 1.54) is 12.5 Å². The number of benzene rings is 1. The van der Waals surface area contributed by atoms with E-state index >= 15 is 0 Å². The van der Waals surface area contributed by atoms with Gasteiger partial charge in [-0.05, 0) is 38.1 Å². The normalized spacial score (nSPS) is 13.0. The topological polar surface area (TPSA) is 71.8 Å². The zero-order valence-corrected chi connectivity index (χ0v) is 16.3. The van der Waals surface area contributed by atoms with Crippen molar-refractivity contribution in [2.24, 2.45) is 0 Å². The Bertz CT molecular complexity index is 738. The molecule has 2 aromatic rings. The number of nitrogens with one attached hydrogen (secondary N) is 2. The number of rotatable bonds is 5. The summed E-state index contributed by atoms with van der Waals surface area (Å²) in [6.07, 6.45) is 4.60. The van der Waals surface area contributed by atoms with Crippen molar-refractivity contribution in [1.82, 2.24) is 20.1 Å². The molecule has 0 radical (unpaired) electrons. The van der Waals surface area contributed by atoms with Crippen LogP contribution in [0.4, 0.5) is 10.1 Å². The summed E-state index contributed by atoms with van der Waals surface area (Å²) in [4.78, 5) is 11.8. The van der Waals surface area contributed by atoms with Gasteiger partial charge < -0.3 is 15.2 Å². The number of carbonyl (C=O) groups excluding carboxylic acids is 1. The molecule has 2 heterocycles. The monoisotopic (exact) mass is 403 g/mol. The Hall–Kier alpha value is -1.70. The number of aryl methyl sites for hydroxylation is 1. The van der Waals surface area contributed by atoms with Crippen LogP contribution in [0.5, 0.6) is 0 Å². The summed E-state index contributed by atoms with van der Waals surface area (Å²) < 4.78 is 16.1. The fraction of sp³-hybridized carbons (Fsp3) is 0.471. The Morgan fingerprint density at radius 2 is 2.04 bits per heavy atom. The van der Waals surface area contributed by atoms with E-state index in [0.29, 0.717) is 13.0 Å². The number of fused-ring (bicyclic) bond motifs is 1. The van der Waals surface area contributed by atoms with Crippen LogP contribution in [-0.2, 0) is 17.8 Å². The first-order valence-electron chi connectivity index (χ1n) is 8.35. The van der Waals surface area contributed by atoms with E-state index in [0.717, 1.165) is 43.0 Å². The molecular formula is C17H24Cl2FN5O. The molecule has 2 N–H and O–H groups in total. The van der Waals surface area contributed by atoms with Gasteiger partial charge in [-0.25, -0.2) is 4.39 Å². The lowest BCUT2D eigenvalue weighted by molar-refractivity contribution is -0.116. The van der Waals surface area contributed by atoms with Crippen molar-refractivity contribution < 1.29 is 9.18 Å². The highest BCUT2D eigenvalue weighted by molar-refractivity contribution is 5.91. The van der Waals surface area contributed by atoms with Crippen LogP contribution in [0.2, 0.25) is 0 Å². The van der Waals surface area contributed by atoms with Crippen molar-refractivity contribution >= 4 is 36.4 Å². The van der Waals surface area contributed by atoms with Crippen LogP contribution in [-0.4, -0.2) is 34.3 Å². The highest BCUT2D eigenvalue weighted by atomic mass is 35.5. The second kappa shape index (κ2) is 10.4. The number of hydrogen-bond donors (Lipinski definition) is 2. The van der Waals surface area contributed by atoms with E-state index in [1.54, 1.807) is 19.2 Å². The van der Waals surface area contributed by atoms with Gasteiger partial charge >= 0.3 is 0 Å². The number of amides is 1. The van der Waals surface area contributed by atoms with Gasteiger partial charge in [-0.2, -0.15) is 0 Å². The van der Waals surface area contributed by atoms with Crippen molar-refractivity contribution in [2.75, 3.05) is 18.9 Å². The number of nitrogens with zero attached hydrogens (tertiary/aromatic N) is 3. The van der Waals surface area contributed by atoms with Gasteiger partial charge in [0.2, 0.25) is 5.91 Å². The third kappa shape index (κ3) is 5.16. The Morgan fingerprint density at radius 1 is 1.23 bits per heavy atom. The molecule has 1 aromatic heterocycles. The first-order chi connectivity index (χ1) is 11.7. The predicted octanol–water partition coefficient (Wildman–Crippen LogP) is 3.20. The Kier molecular flexibility index (Phi) is 8.98. The number of carbonyl (C=O) groups is 1. The molecule has 0 fully saturated rings. The lowest BCUT2D eigenvalue weighted by atomic mass is 10.1. The summed E-state index contributed by atoms with van der Waals surface area (Å²) in [6.45, 7) is 1.42. The van der Waals surface area contributed by atoms with Crippen LogP contribution < -0.4 is 10.6 Å². The van der Waals surface area contributed by atoms with Gasteiger partial charge in [-0.3, -0.25) is 4.79 Å². The maximum atomic E-state index is 14.0. The lowest BCUT2D eigenvalue weighted by Gasteiger charge is -2.10. The van der Waals surface area contributed by atoms with Crippen molar-refractivity contribution in [2.45, 2.75) is 38.6 Å². The second-order valence-electron chi connectivity index (χ2n) is 6.00. The molecule has 0 saturated heterocycles. The fourth-order valence-electron chi connectivity index (χ4n) is 2.91. The lowest BCUT2D eigenvalue weighted by Crippen LogP contribution is -2.19. The Labute approximate surface area is 164 Å². The molecule has 0 bridgehead atoms. The zero-order chi connectivity index (χ0) is 16.9. The summed E-state index contributed by atoms with van der Waals surface area (Å²) in [7, 11) is 1.77. The first-order valence-corrected chi connectivity index (χ1v) is 8.35. The number of hydrogen-bond acceptors (Lipinski definition) is 4. The van der Waals surface area contributed by atoms with Gasteiger partial charge in [0, 0.05) is 31.5 Å². The summed E-state index contributed by atoms with van der Waals surface area (Å²) in [5.74, 6) is 1.04. The summed E-state index contributed by atoms with van der Waals surface area (Å²) in [5.41, 5.74) is 0.945. The molecule has 0 spiro atoms. The molecule has 144 valence electrons. The van der Waals surface area contributed by atoms with Gasteiger partial charge in [-0.1, -0.05) is 6.42 Å². The number of aromatic nitrogens is 3. The van der Waals surface area contributed by atoms with Crippen LogP contribution in [0.1, 0.15) is 31.5 Å². The molecule has 9 heteroatoms. The molecule has 26 heavy (non-hydrogen) atoms. The standard InChI is InChI=1S/C17H22FN5O.2ClH/c1-19-9-8-16(24)20-14-11-12(6-7-13(14)18)17-22-21-15-5-3-2-4-10-23(15)17;;/h6-7,11,19H,2-5,8-10H2,1H3,(H,20,24);2*1H. The third-order valence-electron chi connectivity index (χ3n) is 4.21. The molecule has 0 saturated carbocycles. The number of halogens is 3. The van der Waals surface area contributed by atoms with Crippen molar-refractivity contribution in [3.63, 3.8) is 0 Å². The Morgan fingerprint density at radius 3 is 2.81 bits per heavy atom. The van der Waals surface area contributed by atoms with Crippen molar-refractivity contribution in [3.8, 4) is 11.4 Å². The van der Waals surface area contributed by atoms with Crippen LogP contribution in [0.25, 0.3) is 11.4 Å². The molecule has 0 atom stereocenters. The average molecular weight is 404 g/mol. The number of anilines is 1. The molecule has 1 aliphatic heterocycles. The van der Waals surface area contributed by atoms with Crippen LogP contribution >= 0.6 is 24.8 Å². The molecule has 6 nitrogen and oxygen atoms in total. The van der Waals surface area contributed by atoms with Crippen LogP contribution in [0.3, 0.4) is 0 Å². The molecule has 1 amide bonds. The minimum Gasteiger partial charge on any atom is -0.324 e. The molecule has 0 unspecified atom stereocenters.